The van der Waals surface area contributed by atoms with Gasteiger partial charge in [-0.15, -0.1) is 0 Å². The number of nitrogens with one attached hydrogen (secondary N) is 1. The van der Waals surface area contributed by atoms with Crippen molar-refractivity contribution in [3.63, 3.8) is 0 Å². The number of ether oxygens (including phenoxy) is 1. The van der Waals surface area contributed by atoms with Crippen molar-refractivity contribution in [3.8, 4) is 0 Å². The Hall–Kier alpha value is -0.0800. The van der Waals surface area contributed by atoms with Crippen LogP contribution in [0.5, 0.6) is 0 Å². The molecule has 4 aliphatic rings. The average Bonchev–Trinajstić information content (AvgIpc) is 2.79. The predicted molar refractivity (Wildman–Crippen MR) is 63.2 cm³/mol. The Labute approximate surface area is 98.1 Å². The number of fused-ring (bicyclic) bond motifs is 5. The van der Waals surface area contributed by atoms with E-state index in [4.69, 9.17) is 4.74 Å². The van der Waals surface area contributed by atoms with E-state index in [1.165, 1.54) is 32.1 Å². The summed E-state index contributed by atoms with van der Waals surface area (Å²) in [5, 5.41) is 3.96. The third kappa shape index (κ3) is 1.46. The summed E-state index contributed by atoms with van der Waals surface area (Å²) in [6.45, 7) is 1.97. The van der Waals surface area contributed by atoms with E-state index >= 15 is 0 Å². The second-order valence-electron chi connectivity index (χ2n) is 6.42. The van der Waals surface area contributed by atoms with Crippen molar-refractivity contribution in [2.45, 2.75) is 50.6 Å². The predicted octanol–water partition coefficient (Wildman–Crippen LogP) is 2.19. The Morgan fingerprint density at radius 1 is 0.875 bits per heavy atom. The lowest BCUT2D eigenvalue weighted by Gasteiger charge is -2.18. The summed E-state index contributed by atoms with van der Waals surface area (Å²) in [5.74, 6) is 4.38. The first-order chi connectivity index (χ1) is 7.93. The summed E-state index contributed by atoms with van der Waals surface area (Å²) in [5.41, 5.74) is 0. The van der Waals surface area contributed by atoms with Crippen LogP contribution < -0.4 is 5.32 Å². The first-order valence-electron chi connectivity index (χ1n) is 7.27. The molecule has 1 aliphatic heterocycles. The molecule has 0 radical (unpaired) electrons. The van der Waals surface area contributed by atoms with E-state index in [-0.39, 0.29) is 0 Å². The molecule has 16 heavy (non-hydrogen) atoms. The highest BCUT2D eigenvalue weighted by molar-refractivity contribution is 5.17. The lowest BCUT2D eigenvalue weighted by Crippen LogP contribution is -2.34. The lowest BCUT2D eigenvalue weighted by molar-refractivity contribution is 0.142. The quantitative estimate of drug-likeness (QED) is 0.772. The molecule has 0 aromatic rings. The second kappa shape index (κ2) is 3.71. The van der Waals surface area contributed by atoms with E-state index in [1.807, 2.05) is 0 Å². The molecule has 1 N–H and O–H groups in total. The maximum atomic E-state index is 5.54. The zero-order valence-electron chi connectivity index (χ0n) is 10.0. The van der Waals surface area contributed by atoms with Gasteiger partial charge in [-0.05, 0) is 62.2 Å². The summed E-state index contributed by atoms with van der Waals surface area (Å²) in [6.07, 6.45) is 8.49. The van der Waals surface area contributed by atoms with Gasteiger partial charge in [0.05, 0.1) is 0 Å². The van der Waals surface area contributed by atoms with Gasteiger partial charge in [-0.3, -0.25) is 0 Å². The zero-order chi connectivity index (χ0) is 10.5. The molecule has 2 heteroatoms. The summed E-state index contributed by atoms with van der Waals surface area (Å²) in [6, 6.07) is 1.67. The van der Waals surface area contributed by atoms with Gasteiger partial charge in [0.1, 0.15) is 0 Å². The van der Waals surface area contributed by atoms with Gasteiger partial charge in [-0.1, -0.05) is 0 Å². The number of hydrogen-bond acceptors (Lipinski definition) is 2. The monoisotopic (exact) mass is 221 g/mol. The molecule has 0 amide bonds. The van der Waals surface area contributed by atoms with Crippen molar-refractivity contribution in [2.75, 3.05) is 13.2 Å². The molecular formula is C14H23NO. The lowest BCUT2D eigenvalue weighted by atomic mass is 10.0. The minimum absolute atomic E-state index is 0.762. The van der Waals surface area contributed by atoms with Gasteiger partial charge in [0.2, 0.25) is 0 Å². The van der Waals surface area contributed by atoms with Gasteiger partial charge >= 0.3 is 0 Å². The molecule has 3 saturated carbocycles. The van der Waals surface area contributed by atoms with Crippen LogP contribution in [0.1, 0.15) is 38.5 Å². The van der Waals surface area contributed by atoms with Gasteiger partial charge in [-0.2, -0.15) is 0 Å². The standard InChI is InChI=1S/C14H23NO/c1-2-11(5-7-16-6-1)15-14-12-9-3-4-10(8-9)13(12)14/h9-15H,1-8H2. The first kappa shape index (κ1) is 9.90. The number of rotatable bonds is 2. The summed E-state index contributed by atoms with van der Waals surface area (Å²) >= 11 is 0. The highest BCUT2D eigenvalue weighted by atomic mass is 16.5. The Morgan fingerprint density at radius 3 is 2.50 bits per heavy atom. The minimum atomic E-state index is 0.762. The molecule has 5 atom stereocenters. The van der Waals surface area contributed by atoms with Crippen LogP contribution >= 0.6 is 0 Å². The van der Waals surface area contributed by atoms with Crippen molar-refractivity contribution in [1.29, 1.82) is 0 Å². The van der Waals surface area contributed by atoms with Crippen LogP contribution in [0.2, 0.25) is 0 Å². The molecule has 1 heterocycles. The Balaban J connectivity index is 1.36. The van der Waals surface area contributed by atoms with Crippen molar-refractivity contribution >= 4 is 0 Å². The van der Waals surface area contributed by atoms with Crippen LogP contribution in [0.4, 0.5) is 0 Å². The molecular weight excluding hydrogens is 198 g/mol. The van der Waals surface area contributed by atoms with Gasteiger partial charge in [-0.25, -0.2) is 0 Å². The van der Waals surface area contributed by atoms with E-state index in [1.54, 1.807) is 6.42 Å². The Bertz CT molecular complexity index is 256. The van der Waals surface area contributed by atoms with E-state index in [2.05, 4.69) is 5.32 Å². The summed E-state index contributed by atoms with van der Waals surface area (Å²) < 4.78 is 5.54. The maximum absolute atomic E-state index is 5.54. The van der Waals surface area contributed by atoms with Crippen molar-refractivity contribution in [3.05, 3.63) is 0 Å². The van der Waals surface area contributed by atoms with Gasteiger partial charge < -0.3 is 10.1 Å². The zero-order valence-corrected chi connectivity index (χ0v) is 10.0. The molecule has 3 aliphatic carbocycles. The van der Waals surface area contributed by atoms with Crippen LogP contribution in [0.15, 0.2) is 0 Å². The highest BCUT2D eigenvalue weighted by Crippen LogP contribution is 2.65. The second-order valence-corrected chi connectivity index (χ2v) is 6.42. The normalized spacial score (nSPS) is 54.8. The van der Waals surface area contributed by atoms with Crippen molar-refractivity contribution in [1.82, 2.24) is 5.32 Å². The van der Waals surface area contributed by atoms with Crippen LogP contribution in [-0.2, 0) is 4.74 Å². The molecule has 1 saturated heterocycles. The fourth-order valence-electron chi connectivity index (χ4n) is 4.89. The smallest absolute Gasteiger partial charge is 0.0480 e. The van der Waals surface area contributed by atoms with Crippen LogP contribution in [0, 0.1) is 23.7 Å². The summed E-state index contributed by atoms with van der Waals surface area (Å²) in [7, 11) is 0. The van der Waals surface area contributed by atoms with Crippen molar-refractivity contribution in [2.24, 2.45) is 23.7 Å². The molecule has 2 nitrogen and oxygen atoms in total. The van der Waals surface area contributed by atoms with Crippen LogP contribution in [0.25, 0.3) is 0 Å². The maximum Gasteiger partial charge on any atom is 0.0480 e. The van der Waals surface area contributed by atoms with E-state index in [0.717, 1.165) is 49.0 Å². The van der Waals surface area contributed by atoms with Crippen molar-refractivity contribution < 1.29 is 4.74 Å². The Morgan fingerprint density at radius 2 is 1.69 bits per heavy atom. The van der Waals surface area contributed by atoms with E-state index in [9.17, 15) is 0 Å². The third-order valence-corrected chi connectivity index (χ3v) is 5.62. The highest BCUT2D eigenvalue weighted by Gasteiger charge is 2.64. The minimum Gasteiger partial charge on any atom is -0.381 e. The average molecular weight is 221 g/mol. The van der Waals surface area contributed by atoms with E-state index in [0.29, 0.717) is 0 Å². The molecule has 5 unspecified atom stereocenters. The number of hydrogen-bond donors (Lipinski definition) is 1. The molecule has 4 rings (SSSR count). The third-order valence-electron chi connectivity index (χ3n) is 5.62. The molecule has 0 spiro atoms. The topological polar surface area (TPSA) is 21.3 Å². The first-order valence-corrected chi connectivity index (χ1v) is 7.27. The van der Waals surface area contributed by atoms with Gasteiger partial charge in [0.15, 0.2) is 0 Å². The molecule has 90 valence electrons. The Kier molecular flexibility index (Phi) is 2.29. The van der Waals surface area contributed by atoms with Gasteiger partial charge in [0.25, 0.3) is 0 Å². The SMILES string of the molecule is C1COCCC(NC2C3C4CCC(C4)C23)C1. The molecule has 0 aromatic carbocycles. The summed E-state index contributed by atoms with van der Waals surface area (Å²) in [4.78, 5) is 0. The van der Waals surface area contributed by atoms with Crippen LogP contribution in [-0.4, -0.2) is 25.3 Å². The fourth-order valence-corrected chi connectivity index (χ4v) is 4.89. The van der Waals surface area contributed by atoms with Gasteiger partial charge in [0, 0.05) is 25.3 Å². The van der Waals surface area contributed by atoms with Crippen LogP contribution in [0.3, 0.4) is 0 Å². The fraction of sp³-hybridized carbons (Fsp3) is 1.00. The largest absolute Gasteiger partial charge is 0.381 e. The molecule has 4 fully saturated rings. The molecule has 0 aromatic heterocycles. The molecule has 2 bridgehead atoms. The van der Waals surface area contributed by atoms with E-state index < -0.39 is 0 Å².